The van der Waals surface area contributed by atoms with Gasteiger partial charge in [-0.15, -0.1) is 0 Å². The van der Waals surface area contributed by atoms with Crippen LogP contribution in [0, 0.1) is 6.92 Å². The van der Waals surface area contributed by atoms with E-state index < -0.39 is 0 Å². The van der Waals surface area contributed by atoms with Crippen LogP contribution >= 0.6 is 0 Å². The minimum Gasteiger partial charge on any atom is -0.283 e. The fourth-order valence-corrected chi connectivity index (χ4v) is 3.75. The molecule has 2 aromatic rings. The van der Waals surface area contributed by atoms with Crippen molar-refractivity contribution < 1.29 is 0 Å². The van der Waals surface area contributed by atoms with Crippen molar-refractivity contribution >= 4 is 0 Å². The summed E-state index contributed by atoms with van der Waals surface area (Å²) in [7, 11) is 0. The minimum atomic E-state index is 0.614. The highest BCUT2D eigenvalue weighted by Gasteiger charge is 2.43. The number of aryl methyl sites for hydroxylation is 1. The summed E-state index contributed by atoms with van der Waals surface area (Å²) in [4.78, 5) is 7.29. The molecule has 0 saturated carbocycles. The molecule has 3 heterocycles. The molecule has 2 aliphatic heterocycles. The molecule has 2 nitrogen and oxygen atoms in total. The van der Waals surface area contributed by atoms with E-state index in [-0.39, 0.29) is 0 Å². The van der Waals surface area contributed by atoms with E-state index >= 15 is 0 Å². The first kappa shape index (κ1) is 11.2. The van der Waals surface area contributed by atoms with E-state index in [1.54, 1.807) is 11.1 Å². The lowest BCUT2D eigenvalue weighted by molar-refractivity contribution is 0.211. The number of fused-ring (bicyclic) bond motifs is 5. The second-order valence-electron chi connectivity index (χ2n) is 5.68. The predicted octanol–water partition coefficient (Wildman–Crippen LogP) is 3.78. The quantitative estimate of drug-likeness (QED) is 0.806. The summed E-state index contributed by atoms with van der Waals surface area (Å²) in [6, 6.07) is 16.5. The second-order valence-corrected chi connectivity index (χ2v) is 5.68. The monoisotopic (exact) mass is 250 g/mol. The van der Waals surface area contributed by atoms with Gasteiger partial charge in [-0.25, -0.2) is 0 Å². The van der Waals surface area contributed by atoms with E-state index in [1.165, 1.54) is 18.5 Å². The fraction of sp³-hybridized carbons (Fsp3) is 0.353. The molecule has 2 unspecified atom stereocenters. The van der Waals surface area contributed by atoms with Gasteiger partial charge in [0.1, 0.15) is 0 Å². The van der Waals surface area contributed by atoms with Crippen LogP contribution in [0.4, 0.5) is 0 Å². The molecule has 2 bridgehead atoms. The predicted molar refractivity (Wildman–Crippen MR) is 75.7 cm³/mol. The first-order valence-corrected chi connectivity index (χ1v) is 7.10. The Bertz CT molecular complexity index is 589. The average molecular weight is 250 g/mol. The molecule has 2 aliphatic rings. The molecule has 0 N–H and O–H groups in total. The third kappa shape index (κ3) is 1.71. The van der Waals surface area contributed by atoms with E-state index in [9.17, 15) is 0 Å². The molecule has 1 fully saturated rings. The van der Waals surface area contributed by atoms with Crippen LogP contribution in [0.25, 0.3) is 0 Å². The van der Waals surface area contributed by atoms with Gasteiger partial charge in [0.2, 0.25) is 0 Å². The van der Waals surface area contributed by atoms with Crippen molar-refractivity contribution in [1.29, 1.82) is 0 Å². The van der Waals surface area contributed by atoms with Crippen molar-refractivity contribution in [2.45, 2.75) is 38.4 Å². The van der Waals surface area contributed by atoms with E-state index in [4.69, 9.17) is 0 Å². The van der Waals surface area contributed by atoms with E-state index in [1.807, 2.05) is 0 Å². The third-order valence-corrected chi connectivity index (χ3v) is 4.52. The standard InChI is InChI=1S/C17H18N2/c1-12-5-4-6-13(18-12)11-19-16-9-10-17(19)15-8-3-2-7-14(15)16/h2-8,16-17H,9-11H2,1H3. The van der Waals surface area contributed by atoms with Crippen molar-refractivity contribution in [3.8, 4) is 0 Å². The number of benzene rings is 1. The minimum absolute atomic E-state index is 0.614. The first-order valence-electron chi connectivity index (χ1n) is 7.10. The summed E-state index contributed by atoms with van der Waals surface area (Å²) < 4.78 is 0. The molecule has 1 aromatic carbocycles. The summed E-state index contributed by atoms with van der Waals surface area (Å²) in [6.45, 7) is 3.04. The molecule has 1 aromatic heterocycles. The normalized spacial score (nSPS) is 24.7. The Morgan fingerprint density at radius 3 is 2.32 bits per heavy atom. The van der Waals surface area contributed by atoms with Crippen molar-refractivity contribution in [3.63, 3.8) is 0 Å². The summed E-state index contributed by atoms with van der Waals surface area (Å²) >= 11 is 0. The molecule has 0 radical (unpaired) electrons. The SMILES string of the molecule is Cc1cccc(CN2C3CCC2c2ccccc23)n1. The molecule has 2 heteroatoms. The van der Waals surface area contributed by atoms with Crippen molar-refractivity contribution in [2.75, 3.05) is 0 Å². The Morgan fingerprint density at radius 2 is 1.68 bits per heavy atom. The maximum atomic E-state index is 4.65. The highest BCUT2D eigenvalue weighted by molar-refractivity contribution is 5.40. The van der Waals surface area contributed by atoms with Gasteiger partial charge in [-0.3, -0.25) is 9.88 Å². The number of hydrogen-bond acceptors (Lipinski definition) is 2. The molecular formula is C17H18N2. The Morgan fingerprint density at radius 1 is 1.00 bits per heavy atom. The lowest BCUT2D eigenvalue weighted by Crippen LogP contribution is -2.19. The van der Waals surface area contributed by atoms with Crippen LogP contribution < -0.4 is 0 Å². The summed E-state index contributed by atoms with van der Waals surface area (Å²) in [5.74, 6) is 0. The van der Waals surface area contributed by atoms with Gasteiger partial charge in [0.15, 0.2) is 0 Å². The van der Waals surface area contributed by atoms with Crippen LogP contribution in [0.15, 0.2) is 42.5 Å². The summed E-state index contributed by atoms with van der Waals surface area (Å²) in [6.07, 6.45) is 2.60. The lowest BCUT2D eigenvalue weighted by atomic mass is 9.92. The van der Waals surface area contributed by atoms with Gasteiger partial charge in [0.25, 0.3) is 0 Å². The zero-order chi connectivity index (χ0) is 12.8. The number of nitrogens with zero attached hydrogens (tertiary/aromatic N) is 2. The van der Waals surface area contributed by atoms with E-state index in [0.29, 0.717) is 12.1 Å². The Labute approximate surface area is 114 Å². The average Bonchev–Trinajstić information content (AvgIpc) is 2.95. The van der Waals surface area contributed by atoms with Crippen LogP contribution in [0.1, 0.15) is 47.4 Å². The maximum absolute atomic E-state index is 4.65. The number of rotatable bonds is 2. The molecule has 2 atom stereocenters. The number of hydrogen-bond donors (Lipinski definition) is 0. The number of pyridine rings is 1. The molecule has 0 amide bonds. The Hall–Kier alpha value is -1.67. The third-order valence-electron chi connectivity index (χ3n) is 4.52. The summed E-state index contributed by atoms with van der Waals surface area (Å²) in [5, 5.41) is 0. The smallest absolute Gasteiger partial charge is 0.0547 e. The van der Waals surface area contributed by atoms with Crippen LogP contribution in [-0.2, 0) is 6.54 Å². The zero-order valence-corrected chi connectivity index (χ0v) is 11.2. The van der Waals surface area contributed by atoms with Gasteiger partial charge in [-0.1, -0.05) is 30.3 Å². The van der Waals surface area contributed by atoms with Crippen LogP contribution in [0.5, 0.6) is 0 Å². The second kappa shape index (κ2) is 4.17. The molecule has 0 aliphatic carbocycles. The Balaban J connectivity index is 1.65. The topological polar surface area (TPSA) is 16.1 Å². The highest BCUT2D eigenvalue weighted by atomic mass is 15.2. The Kier molecular flexibility index (Phi) is 2.46. The summed E-state index contributed by atoms with van der Waals surface area (Å²) in [5.41, 5.74) is 5.41. The number of aromatic nitrogens is 1. The maximum Gasteiger partial charge on any atom is 0.0547 e. The van der Waals surface area contributed by atoms with Gasteiger partial charge >= 0.3 is 0 Å². The van der Waals surface area contributed by atoms with Gasteiger partial charge in [-0.05, 0) is 43.0 Å². The molecule has 1 saturated heterocycles. The fourth-order valence-electron chi connectivity index (χ4n) is 3.75. The largest absolute Gasteiger partial charge is 0.283 e. The van der Waals surface area contributed by atoms with Crippen molar-refractivity contribution in [1.82, 2.24) is 9.88 Å². The van der Waals surface area contributed by atoms with Crippen LogP contribution in [0.3, 0.4) is 0 Å². The van der Waals surface area contributed by atoms with Crippen LogP contribution in [-0.4, -0.2) is 9.88 Å². The molecule has 4 rings (SSSR count). The lowest BCUT2D eigenvalue weighted by Gasteiger charge is -2.21. The van der Waals surface area contributed by atoms with Gasteiger partial charge in [-0.2, -0.15) is 0 Å². The van der Waals surface area contributed by atoms with Gasteiger partial charge in [0.05, 0.1) is 5.69 Å². The van der Waals surface area contributed by atoms with Crippen molar-refractivity contribution in [2.24, 2.45) is 0 Å². The van der Waals surface area contributed by atoms with Crippen molar-refractivity contribution in [3.05, 3.63) is 65.0 Å². The molecule has 0 spiro atoms. The zero-order valence-electron chi connectivity index (χ0n) is 11.2. The van der Waals surface area contributed by atoms with E-state index in [0.717, 1.165) is 12.2 Å². The van der Waals surface area contributed by atoms with Gasteiger partial charge < -0.3 is 0 Å². The molecular weight excluding hydrogens is 232 g/mol. The van der Waals surface area contributed by atoms with Crippen LogP contribution in [0.2, 0.25) is 0 Å². The molecule has 96 valence electrons. The van der Waals surface area contributed by atoms with E-state index in [2.05, 4.69) is 59.3 Å². The highest BCUT2D eigenvalue weighted by Crippen LogP contribution is 2.53. The first-order chi connectivity index (χ1) is 9.33. The molecule has 19 heavy (non-hydrogen) atoms. The van der Waals surface area contributed by atoms with Gasteiger partial charge in [0, 0.05) is 24.3 Å².